The predicted molar refractivity (Wildman–Crippen MR) is 75.9 cm³/mol. The minimum Gasteiger partial charge on any atom is -0.491 e. The van der Waals surface area contributed by atoms with E-state index in [1.165, 1.54) is 0 Å². The minimum atomic E-state index is 0.178. The highest BCUT2D eigenvalue weighted by atomic mass is 35.5. The highest BCUT2D eigenvalue weighted by molar-refractivity contribution is 6.30. The molecule has 1 aromatic rings. The number of carbonyl (C=O) groups excluding carboxylic acids is 1. The van der Waals surface area contributed by atoms with Crippen LogP contribution < -0.4 is 4.74 Å². The zero-order valence-corrected chi connectivity index (χ0v) is 12.1. The molecule has 4 nitrogen and oxygen atoms in total. The summed E-state index contributed by atoms with van der Waals surface area (Å²) in [5.41, 5.74) is 0.978. The fourth-order valence-corrected chi connectivity index (χ4v) is 2.89. The zero-order chi connectivity index (χ0) is 13.9. The first-order chi connectivity index (χ1) is 9.72. The highest BCUT2D eigenvalue weighted by Crippen LogP contribution is 2.27. The Labute approximate surface area is 123 Å². The van der Waals surface area contributed by atoms with Gasteiger partial charge in [-0.05, 0) is 30.5 Å². The average molecular weight is 296 g/mol. The molecule has 0 aliphatic carbocycles. The van der Waals surface area contributed by atoms with Crippen LogP contribution in [0.15, 0.2) is 18.2 Å². The third-order valence-corrected chi connectivity index (χ3v) is 4.08. The number of halogens is 1. The summed E-state index contributed by atoms with van der Waals surface area (Å²) in [6.07, 6.45) is 1.55. The molecule has 1 unspecified atom stereocenters. The van der Waals surface area contributed by atoms with Crippen LogP contribution in [0.1, 0.15) is 18.4 Å². The first-order valence-electron chi connectivity index (χ1n) is 6.99. The van der Waals surface area contributed by atoms with Crippen LogP contribution >= 0.6 is 11.6 Å². The van der Waals surface area contributed by atoms with Crippen molar-refractivity contribution in [2.75, 3.05) is 26.4 Å². The molecular formula is C15H18ClNO3. The Bertz CT molecular complexity index is 500. The van der Waals surface area contributed by atoms with Gasteiger partial charge in [-0.2, -0.15) is 0 Å². The molecule has 1 fully saturated rings. The van der Waals surface area contributed by atoms with Gasteiger partial charge in [0.1, 0.15) is 12.4 Å². The Morgan fingerprint density at radius 1 is 1.40 bits per heavy atom. The number of fused-ring (bicyclic) bond motifs is 1. The van der Waals surface area contributed by atoms with Gasteiger partial charge in [0, 0.05) is 36.8 Å². The average Bonchev–Trinajstić information content (AvgIpc) is 2.83. The van der Waals surface area contributed by atoms with E-state index in [2.05, 4.69) is 0 Å². The van der Waals surface area contributed by atoms with Crippen molar-refractivity contribution < 1.29 is 14.3 Å². The van der Waals surface area contributed by atoms with E-state index in [1.54, 1.807) is 0 Å². The number of rotatable bonds is 2. The summed E-state index contributed by atoms with van der Waals surface area (Å²) in [6.45, 7) is 3.21. The maximum atomic E-state index is 12.4. The van der Waals surface area contributed by atoms with Gasteiger partial charge in [-0.1, -0.05) is 11.6 Å². The number of benzene rings is 1. The number of amides is 1. The summed E-state index contributed by atoms with van der Waals surface area (Å²) in [6, 6.07) is 5.56. The molecule has 5 heteroatoms. The Morgan fingerprint density at radius 3 is 3.10 bits per heavy atom. The largest absolute Gasteiger partial charge is 0.491 e. The second-order valence-electron chi connectivity index (χ2n) is 5.35. The van der Waals surface area contributed by atoms with Crippen LogP contribution in [0, 0.1) is 5.92 Å². The summed E-state index contributed by atoms with van der Waals surface area (Å²) in [4.78, 5) is 14.2. The van der Waals surface area contributed by atoms with Crippen LogP contribution in [0.2, 0.25) is 5.02 Å². The third kappa shape index (κ3) is 3.07. The molecule has 0 radical (unpaired) electrons. The number of ether oxygens (including phenoxy) is 2. The molecule has 1 amide bonds. The van der Waals surface area contributed by atoms with E-state index in [4.69, 9.17) is 21.1 Å². The van der Waals surface area contributed by atoms with Crippen molar-refractivity contribution in [3.8, 4) is 5.75 Å². The second-order valence-corrected chi connectivity index (χ2v) is 5.79. The Morgan fingerprint density at radius 2 is 2.30 bits per heavy atom. The molecule has 2 aliphatic rings. The molecule has 20 heavy (non-hydrogen) atoms. The van der Waals surface area contributed by atoms with E-state index in [0.717, 1.165) is 24.3 Å². The van der Waals surface area contributed by atoms with E-state index in [9.17, 15) is 4.79 Å². The Balaban J connectivity index is 1.69. The van der Waals surface area contributed by atoms with Crippen LogP contribution in [0.4, 0.5) is 0 Å². The molecule has 0 saturated carbocycles. The van der Waals surface area contributed by atoms with Crippen molar-refractivity contribution in [3.05, 3.63) is 28.8 Å². The topological polar surface area (TPSA) is 38.8 Å². The first kappa shape index (κ1) is 13.7. The van der Waals surface area contributed by atoms with Crippen LogP contribution in [0.25, 0.3) is 0 Å². The second kappa shape index (κ2) is 6.02. The first-order valence-corrected chi connectivity index (χ1v) is 7.37. The van der Waals surface area contributed by atoms with Crippen LogP contribution in [0.5, 0.6) is 5.75 Å². The Kier molecular flexibility index (Phi) is 4.13. The van der Waals surface area contributed by atoms with Crippen molar-refractivity contribution in [1.82, 2.24) is 4.90 Å². The maximum Gasteiger partial charge on any atom is 0.223 e. The van der Waals surface area contributed by atoms with Crippen LogP contribution in [-0.2, 0) is 16.1 Å². The van der Waals surface area contributed by atoms with Gasteiger partial charge in [0.15, 0.2) is 0 Å². The minimum absolute atomic E-state index is 0.178. The molecule has 108 valence electrons. The summed E-state index contributed by atoms with van der Waals surface area (Å²) >= 11 is 6.02. The van der Waals surface area contributed by atoms with E-state index in [1.807, 2.05) is 23.1 Å². The van der Waals surface area contributed by atoms with Gasteiger partial charge in [-0.3, -0.25) is 4.79 Å². The molecule has 0 N–H and O–H groups in total. The number of hydrogen-bond donors (Lipinski definition) is 0. The van der Waals surface area contributed by atoms with Crippen molar-refractivity contribution in [2.45, 2.75) is 19.4 Å². The summed E-state index contributed by atoms with van der Waals surface area (Å²) in [7, 11) is 0. The maximum absolute atomic E-state index is 12.4. The molecule has 0 bridgehead atoms. The highest BCUT2D eigenvalue weighted by Gasteiger charge is 2.24. The summed E-state index contributed by atoms with van der Waals surface area (Å²) in [5, 5.41) is 0.672. The molecule has 1 aromatic carbocycles. The quantitative estimate of drug-likeness (QED) is 0.841. The molecule has 1 atom stereocenters. The smallest absolute Gasteiger partial charge is 0.223 e. The molecule has 0 aromatic heterocycles. The lowest BCUT2D eigenvalue weighted by Gasteiger charge is -2.21. The molecule has 2 aliphatic heterocycles. The molecular weight excluding hydrogens is 278 g/mol. The van der Waals surface area contributed by atoms with Crippen molar-refractivity contribution >= 4 is 17.5 Å². The van der Waals surface area contributed by atoms with Crippen molar-refractivity contribution in [3.63, 3.8) is 0 Å². The SMILES string of the molecule is O=C(CC1CCOC1)N1CCOc2ccc(Cl)cc2C1. The van der Waals surface area contributed by atoms with E-state index < -0.39 is 0 Å². The van der Waals surface area contributed by atoms with Crippen molar-refractivity contribution in [2.24, 2.45) is 5.92 Å². The monoisotopic (exact) mass is 295 g/mol. The van der Waals surface area contributed by atoms with E-state index in [0.29, 0.717) is 43.7 Å². The standard InChI is InChI=1S/C15H18ClNO3/c16-13-1-2-14-12(8-13)9-17(4-6-20-14)15(18)7-11-3-5-19-10-11/h1-2,8,11H,3-7,9-10H2. The van der Waals surface area contributed by atoms with Gasteiger partial charge in [-0.15, -0.1) is 0 Å². The van der Waals surface area contributed by atoms with Gasteiger partial charge in [0.05, 0.1) is 6.54 Å². The molecule has 1 saturated heterocycles. The molecule has 0 spiro atoms. The van der Waals surface area contributed by atoms with Crippen molar-refractivity contribution in [1.29, 1.82) is 0 Å². The Hall–Kier alpha value is -1.26. The predicted octanol–water partition coefficient (Wildman–Crippen LogP) is 2.49. The third-order valence-electron chi connectivity index (χ3n) is 3.84. The lowest BCUT2D eigenvalue weighted by molar-refractivity contribution is -0.133. The molecule has 3 rings (SSSR count). The number of carbonyl (C=O) groups is 1. The van der Waals surface area contributed by atoms with E-state index >= 15 is 0 Å². The van der Waals surface area contributed by atoms with Crippen LogP contribution in [0.3, 0.4) is 0 Å². The number of hydrogen-bond acceptors (Lipinski definition) is 3. The lowest BCUT2D eigenvalue weighted by atomic mass is 10.0. The van der Waals surface area contributed by atoms with Gasteiger partial charge < -0.3 is 14.4 Å². The summed E-state index contributed by atoms with van der Waals surface area (Å²) < 4.78 is 11.0. The van der Waals surface area contributed by atoms with Gasteiger partial charge in [0.2, 0.25) is 5.91 Å². The fraction of sp³-hybridized carbons (Fsp3) is 0.533. The molecule has 2 heterocycles. The van der Waals surface area contributed by atoms with Gasteiger partial charge >= 0.3 is 0 Å². The van der Waals surface area contributed by atoms with E-state index in [-0.39, 0.29) is 5.91 Å². The van der Waals surface area contributed by atoms with Gasteiger partial charge in [0.25, 0.3) is 0 Å². The zero-order valence-electron chi connectivity index (χ0n) is 11.3. The lowest BCUT2D eigenvalue weighted by Crippen LogP contribution is -2.33. The summed E-state index contributed by atoms with van der Waals surface area (Å²) in [5.74, 6) is 1.37. The fourth-order valence-electron chi connectivity index (χ4n) is 2.70. The van der Waals surface area contributed by atoms with Gasteiger partial charge in [-0.25, -0.2) is 0 Å². The van der Waals surface area contributed by atoms with Crippen LogP contribution in [-0.4, -0.2) is 37.2 Å². The normalized spacial score (nSPS) is 22.1. The number of nitrogens with zero attached hydrogens (tertiary/aromatic N) is 1.